The van der Waals surface area contributed by atoms with Crippen molar-refractivity contribution in [3.8, 4) is 0 Å². The predicted octanol–water partition coefficient (Wildman–Crippen LogP) is 2.83. The van der Waals surface area contributed by atoms with Gasteiger partial charge >= 0.3 is 0 Å². The fourth-order valence-electron chi connectivity index (χ4n) is 2.10. The van der Waals surface area contributed by atoms with Crippen LogP contribution in [0.2, 0.25) is 0 Å². The molecule has 0 fully saturated rings. The lowest BCUT2D eigenvalue weighted by molar-refractivity contribution is 0.129. The molecule has 0 amide bonds. The van der Waals surface area contributed by atoms with Gasteiger partial charge in [0, 0.05) is 13.7 Å². The Hall–Kier alpha value is -0.350. The number of aromatic nitrogens is 2. The van der Waals surface area contributed by atoms with Gasteiger partial charge in [0.15, 0.2) is 0 Å². The second kappa shape index (κ2) is 5.32. The van der Waals surface area contributed by atoms with Crippen LogP contribution in [0.3, 0.4) is 0 Å². The van der Waals surface area contributed by atoms with Crippen LogP contribution in [-0.4, -0.2) is 21.5 Å². The maximum absolute atomic E-state index is 9.52. The van der Waals surface area contributed by atoms with E-state index in [2.05, 4.69) is 34.9 Å². The number of aliphatic hydroxyl groups excluding tert-OH is 1. The summed E-state index contributed by atoms with van der Waals surface area (Å²) in [6, 6.07) is 0. The van der Waals surface area contributed by atoms with Crippen molar-refractivity contribution in [1.82, 2.24) is 9.78 Å². The van der Waals surface area contributed by atoms with E-state index in [1.807, 2.05) is 18.7 Å². The summed E-state index contributed by atoms with van der Waals surface area (Å²) in [5.74, 6) is 0. The van der Waals surface area contributed by atoms with Crippen molar-refractivity contribution in [2.75, 3.05) is 6.61 Å². The van der Waals surface area contributed by atoms with E-state index in [4.69, 9.17) is 0 Å². The Labute approximate surface area is 106 Å². The van der Waals surface area contributed by atoms with Gasteiger partial charge in [-0.1, -0.05) is 20.3 Å². The lowest BCUT2D eigenvalue weighted by Crippen LogP contribution is -2.25. The molecule has 1 unspecified atom stereocenters. The SMILES string of the molecule is CCCC(C)(CO)Cc1c(Br)c(C)nn1C. The molecule has 0 saturated carbocycles. The van der Waals surface area contributed by atoms with E-state index < -0.39 is 0 Å². The molecule has 1 atom stereocenters. The third-order valence-electron chi connectivity index (χ3n) is 3.09. The summed E-state index contributed by atoms with van der Waals surface area (Å²) in [5, 5.41) is 13.9. The van der Waals surface area contributed by atoms with Gasteiger partial charge in [-0.15, -0.1) is 0 Å². The molecule has 3 nitrogen and oxygen atoms in total. The molecule has 0 saturated heterocycles. The molecule has 0 aromatic carbocycles. The van der Waals surface area contributed by atoms with E-state index in [0.717, 1.165) is 29.4 Å². The highest BCUT2D eigenvalue weighted by atomic mass is 79.9. The predicted molar refractivity (Wildman–Crippen MR) is 69.4 cm³/mol. The van der Waals surface area contributed by atoms with Crippen molar-refractivity contribution in [3.05, 3.63) is 15.9 Å². The molecule has 16 heavy (non-hydrogen) atoms. The molecule has 1 aromatic heterocycles. The van der Waals surface area contributed by atoms with E-state index in [-0.39, 0.29) is 12.0 Å². The number of nitrogens with zero attached hydrogens (tertiary/aromatic N) is 2. The number of hydrogen-bond acceptors (Lipinski definition) is 2. The second-order valence-corrected chi connectivity index (χ2v) is 5.66. The van der Waals surface area contributed by atoms with Crippen molar-refractivity contribution in [3.63, 3.8) is 0 Å². The van der Waals surface area contributed by atoms with Gasteiger partial charge in [0.2, 0.25) is 0 Å². The summed E-state index contributed by atoms with van der Waals surface area (Å²) in [7, 11) is 1.96. The second-order valence-electron chi connectivity index (χ2n) is 4.87. The first-order chi connectivity index (χ1) is 7.43. The van der Waals surface area contributed by atoms with Crippen molar-refractivity contribution in [2.45, 2.75) is 40.0 Å². The van der Waals surface area contributed by atoms with Crippen LogP contribution in [0.4, 0.5) is 0 Å². The van der Waals surface area contributed by atoms with E-state index in [1.165, 1.54) is 5.69 Å². The molecule has 0 spiro atoms. The van der Waals surface area contributed by atoms with Crippen LogP contribution in [-0.2, 0) is 13.5 Å². The van der Waals surface area contributed by atoms with E-state index >= 15 is 0 Å². The van der Waals surface area contributed by atoms with E-state index in [0.29, 0.717) is 0 Å². The highest BCUT2D eigenvalue weighted by Gasteiger charge is 2.26. The average molecular weight is 289 g/mol. The molecular weight excluding hydrogens is 268 g/mol. The Balaban J connectivity index is 2.93. The summed E-state index contributed by atoms with van der Waals surface area (Å²) in [5.41, 5.74) is 2.13. The quantitative estimate of drug-likeness (QED) is 0.905. The van der Waals surface area contributed by atoms with Gasteiger partial charge in [0.1, 0.15) is 0 Å². The van der Waals surface area contributed by atoms with Crippen LogP contribution in [0.25, 0.3) is 0 Å². The zero-order valence-corrected chi connectivity index (χ0v) is 12.1. The van der Waals surface area contributed by atoms with Gasteiger partial charge in [-0.25, -0.2) is 0 Å². The number of halogens is 1. The minimum absolute atomic E-state index is 0.0441. The monoisotopic (exact) mass is 288 g/mol. The van der Waals surface area contributed by atoms with Crippen LogP contribution in [0.1, 0.15) is 38.1 Å². The summed E-state index contributed by atoms with van der Waals surface area (Å²) in [6.07, 6.45) is 2.97. The Morgan fingerprint density at radius 1 is 1.50 bits per heavy atom. The van der Waals surface area contributed by atoms with Crippen molar-refractivity contribution in [1.29, 1.82) is 0 Å². The Bertz CT molecular complexity index is 362. The van der Waals surface area contributed by atoms with Crippen LogP contribution in [0, 0.1) is 12.3 Å². The van der Waals surface area contributed by atoms with Crippen LogP contribution in [0.5, 0.6) is 0 Å². The molecule has 0 radical (unpaired) electrons. The van der Waals surface area contributed by atoms with Gasteiger partial charge in [0.05, 0.1) is 15.9 Å². The molecule has 1 aromatic rings. The maximum atomic E-state index is 9.52. The summed E-state index contributed by atoms with van der Waals surface area (Å²) in [6.45, 7) is 6.49. The lowest BCUT2D eigenvalue weighted by atomic mass is 9.82. The molecule has 1 rings (SSSR count). The summed E-state index contributed by atoms with van der Waals surface area (Å²) in [4.78, 5) is 0. The minimum Gasteiger partial charge on any atom is -0.396 e. The first-order valence-electron chi connectivity index (χ1n) is 5.72. The fraction of sp³-hybridized carbons (Fsp3) is 0.750. The molecule has 92 valence electrons. The van der Waals surface area contributed by atoms with Gasteiger partial charge in [-0.2, -0.15) is 5.10 Å². The molecular formula is C12H21BrN2O. The molecule has 0 aliphatic rings. The van der Waals surface area contributed by atoms with Crippen molar-refractivity contribution in [2.24, 2.45) is 12.5 Å². The van der Waals surface area contributed by atoms with Gasteiger partial charge in [-0.05, 0) is 41.1 Å². The normalized spacial score (nSPS) is 15.1. The number of hydrogen-bond donors (Lipinski definition) is 1. The van der Waals surface area contributed by atoms with Crippen molar-refractivity contribution >= 4 is 15.9 Å². The summed E-state index contributed by atoms with van der Waals surface area (Å²) >= 11 is 3.57. The smallest absolute Gasteiger partial charge is 0.0738 e. The fourth-order valence-corrected chi connectivity index (χ4v) is 2.58. The third kappa shape index (κ3) is 2.86. The Morgan fingerprint density at radius 2 is 2.12 bits per heavy atom. The molecule has 1 heterocycles. The Kier molecular flexibility index (Phi) is 4.56. The molecule has 0 bridgehead atoms. The van der Waals surface area contributed by atoms with Crippen LogP contribution < -0.4 is 0 Å². The zero-order valence-electron chi connectivity index (χ0n) is 10.5. The first kappa shape index (κ1) is 13.7. The third-order valence-corrected chi connectivity index (χ3v) is 4.12. The highest BCUT2D eigenvalue weighted by molar-refractivity contribution is 9.10. The maximum Gasteiger partial charge on any atom is 0.0738 e. The van der Waals surface area contributed by atoms with Crippen LogP contribution >= 0.6 is 15.9 Å². The van der Waals surface area contributed by atoms with Crippen LogP contribution in [0.15, 0.2) is 4.47 Å². The topological polar surface area (TPSA) is 38.1 Å². The van der Waals surface area contributed by atoms with Gasteiger partial charge < -0.3 is 5.11 Å². The van der Waals surface area contributed by atoms with E-state index in [1.54, 1.807) is 0 Å². The molecule has 4 heteroatoms. The Morgan fingerprint density at radius 3 is 2.50 bits per heavy atom. The summed E-state index contributed by atoms with van der Waals surface area (Å²) < 4.78 is 2.98. The number of aliphatic hydroxyl groups is 1. The van der Waals surface area contributed by atoms with Gasteiger partial charge in [0.25, 0.3) is 0 Å². The highest BCUT2D eigenvalue weighted by Crippen LogP contribution is 2.31. The van der Waals surface area contributed by atoms with Gasteiger partial charge in [-0.3, -0.25) is 4.68 Å². The number of rotatable bonds is 5. The average Bonchev–Trinajstić information content (AvgIpc) is 2.46. The standard InChI is InChI=1S/C12H21BrN2O/c1-5-6-12(3,8-16)7-10-11(13)9(2)14-15(10)4/h16H,5-8H2,1-4H3. The minimum atomic E-state index is -0.0441. The molecule has 0 aliphatic carbocycles. The first-order valence-corrected chi connectivity index (χ1v) is 6.51. The molecule has 1 N–H and O–H groups in total. The zero-order chi connectivity index (χ0) is 12.3. The van der Waals surface area contributed by atoms with E-state index in [9.17, 15) is 5.11 Å². The lowest BCUT2D eigenvalue weighted by Gasteiger charge is -2.27. The van der Waals surface area contributed by atoms with Crippen molar-refractivity contribution < 1.29 is 5.11 Å². The number of aryl methyl sites for hydroxylation is 2. The largest absolute Gasteiger partial charge is 0.396 e. The molecule has 0 aliphatic heterocycles.